The summed E-state index contributed by atoms with van der Waals surface area (Å²) < 4.78 is 108. The van der Waals surface area contributed by atoms with Crippen LogP contribution in [0.15, 0.2) is 117 Å². The smallest absolute Gasteiger partial charge is 0.205 e. The molecule has 5 aromatic carbocycles. The fourth-order valence-electron chi connectivity index (χ4n) is 7.58. The number of halogens is 4. The van der Waals surface area contributed by atoms with E-state index < -0.39 is 54.9 Å². The van der Waals surface area contributed by atoms with E-state index >= 15 is 8.78 Å². The summed E-state index contributed by atoms with van der Waals surface area (Å²) >= 11 is 0. The van der Waals surface area contributed by atoms with Crippen molar-refractivity contribution in [3.05, 3.63) is 131 Å². The van der Waals surface area contributed by atoms with Crippen LogP contribution in [0.4, 0.5) is 17.6 Å². The van der Waals surface area contributed by atoms with Gasteiger partial charge in [-0.05, 0) is 86.1 Å². The van der Waals surface area contributed by atoms with E-state index in [0.717, 1.165) is 78.9 Å². The maximum absolute atomic E-state index is 15.4. The van der Waals surface area contributed by atoms with Crippen molar-refractivity contribution in [1.82, 2.24) is 0 Å². The zero-order valence-corrected chi connectivity index (χ0v) is 30.5. The first-order valence-corrected chi connectivity index (χ1v) is 20.5. The Kier molecular flexibility index (Phi) is 11.1. The lowest BCUT2D eigenvalue weighted by molar-refractivity contribution is 0.333. The molecule has 7 rings (SSSR count). The third-order valence-corrected chi connectivity index (χ3v) is 13.2. The quantitative estimate of drug-likeness (QED) is 0.0613. The molecule has 0 unspecified atom stereocenters. The summed E-state index contributed by atoms with van der Waals surface area (Å²) in [6, 6.07) is 31.9. The van der Waals surface area contributed by atoms with Crippen molar-refractivity contribution in [3.63, 3.8) is 0 Å². The molecule has 0 amide bonds. The molecule has 0 N–H and O–H groups in total. The summed E-state index contributed by atoms with van der Waals surface area (Å²) in [5, 5.41) is 0. The number of benzene rings is 5. The first-order chi connectivity index (χ1) is 25.6. The molecular weight excluding hydrogens is 725 g/mol. The Hall–Kier alpha value is -4.32. The maximum Gasteiger partial charge on any atom is 0.205 e. The van der Waals surface area contributed by atoms with Crippen molar-refractivity contribution >= 4 is 21.0 Å². The van der Waals surface area contributed by atoms with Gasteiger partial charge in [-0.2, -0.15) is 8.78 Å². The van der Waals surface area contributed by atoms with E-state index in [9.17, 15) is 21.8 Å². The Morgan fingerprint density at radius 3 is 1.47 bits per heavy atom. The summed E-state index contributed by atoms with van der Waals surface area (Å²) in [5.41, 5.74) is 1.18. The van der Waals surface area contributed by atoms with Crippen LogP contribution in [-0.4, -0.2) is 13.0 Å². The van der Waals surface area contributed by atoms with Crippen molar-refractivity contribution in [2.24, 2.45) is 0 Å². The molecule has 0 bridgehead atoms. The van der Waals surface area contributed by atoms with Gasteiger partial charge in [0.1, 0.15) is 32.3 Å². The van der Waals surface area contributed by atoms with Gasteiger partial charge in [-0.15, -0.1) is 0 Å². The summed E-state index contributed by atoms with van der Waals surface area (Å²) in [6.07, 6.45) is 8.63. The van der Waals surface area contributed by atoms with Gasteiger partial charge in [0.25, 0.3) is 0 Å². The van der Waals surface area contributed by atoms with Crippen LogP contribution >= 0.6 is 0 Å². The first-order valence-electron chi connectivity index (χ1n) is 17.9. The molecule has 2 fully saturated rings. The second kappa shape index (κ2) is 16.0. The number of hydrogen-bond acceptors (Lipinski definition) is 5. The van der Waals surface area contributed by atoms with Crippen LogP contribution in [0.1, 0.15) is 87.2 Å². The molecule has 0 heterocycles. The van der Waals surface area contributed by atoms with Crippen molar-refractivity contribution < 1.29 is 40.0 Å². The van der Waals surface area contributed by atoms with Crippen LogP contribution in [0.5, 0.6) is 23.0 Å². The van der Waals surface area contributed by atoms with Crippen LogP contribution in [0.25, 0.3) is 0 Å². The van der Waals surface area contributed by atoms with Gasteiger partial charge in [0, 0.05) is 17.2 Å². The number of rotatable bonds is 10. The average Bonchev–Trinajstić information content (AvgIpc) is 3.17. The van der Waals surface area contributed by atoms with Crippen molar-refractivity contribution in [2.45, 2.75) is 95.6 Å². The van der Waals surface area contributed by atoms with Gasteiger partial charge in [-0.3, -0.25) is 0 Å². The summed E-state index contributed by atoms with van der Waals surface area (Å²) in [5.74, 6) is -9.33. The molecule has 5 nitrogen and oxygen atoms in total. The molecule has 0 aromatic heterocycles. The fourth-order valence-corrected chi connectivity index (χ4v) is 10.3. The van der Waals surface area contributed by atoms with E-state index in [0.29, 0.717) is 22.6 Å². The first kappa shape index (κ1) is 37.0. The highest BCUT2D eigenvalue weighted by Gasteiger charge is 2.34. The summed E-state index contributed by atoms with van der Waals surface area (Å²) in [6.45, 7) is 0. The van der Waals surface area contributed by atoms with Crippen LogP contribution in [-0.2, 0) is 21.0 Å². The Balaban J connectivity index is 1.34. The van der Waals surface area contributed by atoms with E-state index in [1.54, 1.807) is 12.1 Å². The van der Waals surface area contributed by atoms with E-state index in [-0.39, 0.29) is 17.6 Å². The maximum atomic E-state index is 15.4. The van der Waals surface area contributed by atoms with Gasteiger partial charge >= 0.3 is 0 Å². The van der Waals surface area contributed by atoms with Crippen LogP contribution in [0.2, 0.25) is 0 Å². The van der Waals surface area contributed by atoms with Crippen molar-refractivity contribution in [2.75, 3.05) is 0 Å². The minimum absolute atomic E-state index is 0.0777. The lowest BCUT2D eigenvalue weighted by Gasteiger charge is -2.30. The minimum Gasteiger partial charge on any atom is -0.744 e. The van der Waals surface area contributed by atoms with Gasteiger partial charge in [0.05, 0.1) is 10.9 Å². The molecule has 2 aliphatic carbocycles. The third kappa shape index (κ3) is 7.98. The second-order valence-corrected chi connectivity index (χ2v) is 16.9. The van der Waals surface area contributed by atoms with Crippen LogP contribution < -0.4 is 9.47 Å². The average molecular weight is 763 g/mol. The second-order valence-electron chi connectivity index (χ2n) is 13.6. The monoisotopic (exact) mass is 762 g/mol. The molecule has 0 saturated heterocycles. The van der Waals surface area contributed by atoms with Crippen LogP contribution in [0, 0.1) is 23.3 Å². The van der Waals surface area contributed by atoms with Gasteiger partial charge in [-0.1, -0.05) is 81.0 Å². The highest BCUT2D eigenvalue weighted by Crippen LogP contribution is 2.49. The lowest BCUT2D eigenvalue weighted by Crippen LogP contribution is -2.14. The number of ether oxygens (including phenoxy) is 2. The van der Waals surface area contributed by atoms with Crippen molar-refractivity contribution in [1.29, 1.82) is 0 Å². The van der Waals surface area contributed by atoms with E-state index in [4.69, 9.17) is 9.47 Å². The highest BCUT2D eigenvalue weighted by molar-refractivity contribution is 7.97. The van der Waals surface area contributed by atoms with Crippen LogP contribution in [0.3, 0.4) is 0 Å². The van der Waals surface area contributed by atoms with Gasteiger partial charge in [0.15, 0.2) is 26.3 Å². The molecule has 0 atom stereocenters. The molecule has 0 spiro atoms. The molecule has 53 heavy (non-hydrogen) atoms. The Morgan fingerprint density at radius 1 is 0.528 bits per heavy atom. The third-order valence-electron chi connectivity index (χ3n) is 10.1. The summed E-state index contributed by atoms with van der Waals surface area (Å²) in [4.78, 5) is 1.11. The SMILES string of the molecule is O=S(=O)([O-])c1c(F)c(F)c(Oc2c(C3CCCCC3)cc(Oc3cccc([S+](c4ccccc4)c4ccccc4)c3)cc2C2CCCCC2)c(F)c1F. The molecular formula is C42H38F4O5S2. The zero-order chi connectivity index (χ0) is 37.1. The highest BCUT2D eigenvalue weighted by atomic mass is 32.2. The standard InChI is InChI=1S/C42H38F4O5S2/c43-36-38(45)42(53(47,48)49)39(46)37(44)41(36)51-40-34(27-14-5-1-6-15-27)25-30(26-35(40)28-16-7-2-8-17-28)50-29-18-13-23-33(24-29)52(31-19-9-3-10-20-31)32-21-11-4-12-22-32/h3-4,9-13,18-28H,1-2,5-8,14-17H2. The van der Waals surface area contributed by atoms with Crippen molar-refractivity contribution in [3.8, 4) is 23.0 Å². The Bertz CT molecular complexity index is 2080. The number of hydrogen-bond donors (Lipinski definition) is 0. The largest absolute Gasteiger partial charge is 0.744 e. The van der Waals surface area contributed by atoms with E-state index in [1.807, 2.05) is 54.6 Å². The van der Waals surface area contributed by atoms with Gasteiger partial charge in [-0.25, -0.2) is 17.2 Å². The topological polar surface area (TPSA) is 75.7 Å². The Labute approximate surface area is 310 Å². The molecule has 276 valence electrons. The molecule has 5 aromatic rings. The Morgan fingerprint density at radius 2 is 1.00 bits per heavy atom. The fraction of sp³-hybridized carbons (Fsp3) is 0.286. The predicted octanol–water partition coefficient (Wildman–Crippen LogP) is 11.9. The van der Waals surface area contributed by atoms with E-state index in [1.165, 1.54) is 0 Å². The molecule has 2 aliphatic rings. The lowest BCUT2D eigenvalue weighted by atomic mass is 9.79. The van der Waals surface area contributed by atoms with Gasteiger partial charge in [0.2, 0.25) is 17.4 Å². The molecule has 2 saturated carbocycles. The minimum atomic E-state index is -5.88. The molecule has 11 heteroatoms. The predicted molar refractivity (Wildman–Crippen MR) is 194 cm³/mol. The zero-order valence-electron chi connectivity index (χ0n) is 28.8. The molecule has 0 radical (unpaired) electrons. The van der Waals surface area contributed by atoms with E-state index in [2.05, 4.69) is 30.3 Å². The van der Waals surface area contributed by atoms with Gasteiger partial charge < -0.3 is 14.0 Å². The normalized spacial score (nSPS) is 15.8. The molecule has 0 aliphatic heterocycles. The summed E-state index contributed by atoms with van der Waals surface area (Å²) in [7, 11) is -6.31.